The Morgan fingerprint density at radius 1 is 1.00 bits per heavy atom. The van der Waals surface area contributed by atoms with Crippen molar-refractivity contribution in [2.24, 2.45) is 10.2 Å². The molecule has 2 aromatic heterocycles. The fourth-order valence-electron chi connectivity index (χ4n) is 1.63. The predicted octanol–water partition coefficient (Wildman–Crippen LogP) is 4.01. The van der Waals surface area contributed by atoms with E-state index in [-0.39, 0.29) is 11.5 Å². The summed E-state index contributed by atoms with van der Waals surface area (Å²) in [5.74, 6) is 0.527. The summed E-state index contributed by atoms with van der Waals surface area (Å²) in [6.45, 7) is 8.28. The molecular weight excluding hydrogens is 250 g/mol. The minimum Gasteiger partial charge on any atom is -0.265 e. The highest BCUT2D eigenvalue weighted by Gasteiger charge is 2.15. The Hall–Kier alpha value is -2.17. The Morgan fingerprint density at radius 2 is 1.70 bits per heavy atom. The summed E-state index contributed by atoms with van der Waals surface area (Å²) in [6.07, 6.45) is 3.50. The topological polar surface area (TPSA) is 63.4 Å². The molecule has 0 radical (unpaired) electrons. The number of aromatic nitrogens is 3. The standard InChI is InChI=1S/C15H19N5/c1-11(12-7-9-16-10-8-12)17-19-14-6-5-13(18-20-14)15(2,3)4/h5-11H,1-4H3. The molecule has 0 fully saturated rings. The van der Waals surface area contributed by atoms with E-state index < -0.39 is 0 Å². The van der Waals surface area contributed by atoms with E-state index >= 15 is 0 Å². The lowest BCUT2D eigenvalue weighted by molar-refractivity contribution is 0.558. The summed E-state index contributed by atoms with van der Waals surface area (Å²) in [5.41, 5.74) is 2.01. The molecular formula is C15H19N5. The molecule has 0 bridgehead atoms. The van der Waals surface area contributed by atoms with Crippen LogP contribution in [0.4, 0.5) is 5.82 Å². The zero-order chi connectivity index (χ0) is 14.6. The van der Waals surface area contributed by atoms with Crippen LogP contribution in [0.1, 0.15) is 45.0 Å². The molecule has 0 saturated heterocycles. The molecule has 0 amide bonds. The molecule has 0 aromatic carbocycles. The van der Waals surface area contributed by atoms with Crippen LogP contribution >= 0.6 is 0 Å². The minimum absolute atomic E-state index is 0.00694. The maximum absolute atomic E-state index is 4.25. The maximum atomic E-state index is 4.25. The van der Waals surface area contributed by atoms with Gasteiger partial charge in [-0.1, -0.05) is 20.8 Å². The van der Waals surface area contributed by atoms with Gasteiger partial charge in [0.2, 0.25) is 0 Å². The van der Waals surface area contributed by atoms with Crippen LogP contribution in [0.15, 0.2) is 46.9 Å². The van der Waals surface area contributed by atoms with Gasteiger partial charge >= 0.3 is 0 Å². The summed E-state index contributed by atoms with van der Waals surface area (Å²) < 4.78 is 0. The third kappa shape index (κ3) is 3.66. The van der Waals surface area contributed by atoms with Crippen molar-refractivity contribution in [1.29, 1.82) is 0 Å². The van der Waals surface area contributed by atoms with Crippen LogP contribution in [0.25, 0.3) is 0 Å². The monoisotopic (exact) mass is 269 g/mol. The second-order valence-corrected chi connectivity index (χ2v) is 5.70. The molecule has 2 aromatic rings. The first-order valence-electron chi connectivity index (χ1n) is 6.62. The number of azo groups is 1. The third-order valence-electron chi connectivity index (χ3n) is 2.94. The van der Waals surface area contributed by atoms with Crippen molar-refractivity contribution in [3.8, 4) is 0 Å². The molecule has 1 unspecified atom stereocenters. The summed E-state index contributed by atoms with van der Waals surface area (Å²) in [7, 11) is 0. The molecule has 0 spiro atoms. The SMILES string of the molecule is CC(N=Nc1ccc(C(C)(C)C)nn1)c1ccncc1. The van der Waals surface area contributed by atoms with Crippen molar-refractivity contribution in [2.45, 2.75) is 39.2 Å². The first-order valence-corrected chi connectivity index (χ1v) is 6.62. The molecule has 2 rings (SSSR count). The van der Waals surface area contributed by atoms with E-state index in [1.165, 1.54) is 0 Å². The molecule has 0 aliphatic carbocycles. The van der Waals surface area contributed by atoms with Gasteiger partial charge in [-0.15, -0.1) is 10.2 Å². The van der Waals surface area contributed by atoms with Crippen LogP contribution < -0.4 is 0 Å². The number of rotatable bonds is 3. The largest absolute Gasteiger partial charge is 0.265 e. The molecule has 0 aliphatic rings. The lowest BCUT2D eigenvalue weighted by atomic mass is 9.92. The molecule has 5 heteroatoms. The molecule has 20 heavy (non-hydrogen) atoms. The second-order valence-electron chi connectivity index (χ2n) is 5.70. The van der Waals surface area contributed by atoms with E-state index in [0.717, 1.165) is 11.3 Å². The quantitative estimate of drug-likeness (QED) is 0.791. The average molecular weight is 269 g/mol. The number of hydrogen-bond acceptors (Lipinski definition) is 5. The van der Waals surface area contributed by atoms with Crippen LogP contribution in [0.3, 0.4) is 0 Å². The Bertz CT molecular complexity index is 569. The molecule has 0 aliphatic heterocycles. The fraction of sp³-hybridized carbons (Fsp3) is 0.400. The van der Waals surface area contributed by atoms with Gasteiger partial charge in [0.15, 0.2) is 5.82 Å². The molecule has 0 N–H and O–H groups in total. The van der Waals surface area contributed by atoms with E-state index in [1.54, 1.807) is 12.4 Å². The van der Waals surface area contributed by atoms with Gasteiger partial charge in [-0.25, -0.2) is 0 Å². The predicted molar refractivity (Wildman–Crippen MR) is 77.9 cm³/mol. The van der Waals surface area contributed by atoms with Crippen LogP contribution in [-0.2, 0) is 5.41 Å². The van der Waals surface area contributed by atoms with E-state index in [9.17, 15) is 0 Å². The second kappa shape index (κ2) is 5.86. The van der Waals surface area contributed by atoms with Crippen molar-refractivity contribution < 1.29 is 0 Å². The average Bonchev–Trinajstić information content (AvgIpc) is 2.45. The first-order chi connectivity index (χ1) is 9.47. The van der Waals surface area contributed by atoms with E-state index in [4.69, 9.17) is 0 Å². The number of nitrogens with zero attached hydrogens (tertiary/aromatic N) is 5. The summed E-state index contributed by atoms with van der Waals surface area (Å²) in [4.78, 5) is 3.98. The number of hydrogen-bond donors (Lipinski definition) is 0. The van der Waals surface area contributed by atoms with Gasteiger partial charge in [-0.2, -0.15) is 10.2 Å². The van der Waals surface area contributed by atoms with Gasteiger partial charge in [-0.3, -0.25) is 4.98 Å². The smallest absolute Gasteiger partial charge is 0.195 e. The first kappa shape index (κ1) is 14.2. The normalized spacial score (nSPS) is 13.6. The van der Waals surface area contributed by atoms with Gasteiger partial charge in [0, 0.05) is 17.8 Å². The summed E-state index contributed by atoms with van der Waals surface area (Å²) in [5, 5.41) is 16.7. The summed E-state index contributed by atoms with van der Waals surface area (Å²) >= 11 is 0. The fourth-order valence-corrected chi connectivity index (χ4v) is 1.63. The zero-order valence-electron chi connectivity index (χ0n) is 12.3. The van der Waals surface area contributed by atoms with Gasteiger partial charge in [-0.05, 0) is 36.8 Å². The van der Waals surface area contributed by atoms with Crippen LogP contribution in [0.2, 0.25) is 0 Å². The Balaban J connectivity index is 2.08. The highest BCUT2D eigenvalue weighted by Crippen LogP contribution is 2.22. The van der Waals surface area contributed by atoms with E-state index in [0.29, 0.717) is 5.82 Å². The van der Waals surface area contributed by atoms with Crippen molar-refractivity contribution >= 4 is 5.82 Å². The Labute approximate surface area is 119 Å². The van der Waals surface area contributed by atoms with Gasteiger partial charge in [0.05, 0.1) is 11.7 Å². The third-order valence-corrected chi connectivity index (χ3v) is 2.94. The van der Waals surface area contributed by atoms with E-state index in [1.807, 2.05) is 31.2 Å². The minimum atomic E-state index is -0.0258. The van der Waals surface area contributed by atoms with Crippen LogP contribution in [-0.4, -0.2) is 15.2 Å². The van der Waals surface area contributed by atoms with Crippen LogP contribution in [0, 0.1) is 0 Å². The Kier molecular flexibility index (Phi) is 4.17. The lowest BCUT2D eigenvalue weighted by Crippen LogP contribution is -2.13. The van der Waals surface area contributed by atoms with Crippen molar-refractivity contribution in [3.05, 3.63) is 47.9 Å². The highest BCUT2D eigenvalue weighted by atomic mass is 15.2. The zero-order valence-corrected chi connectivity index (χ0v) is 12.3. The summed E-state index contributed by atoms with van der Waals surface area (Å²) in [6, 6.07) is 7.62. The molecule has 0 saturated carbocycles. The van der Waals surface area contributed by atoms with Crippen molar-refractivity contribution in [3.63, 3.8) is 0 Å². The molecule has 1 atom stereocenters. The Morgan fingerprint density at radius 3 is 2.25 bits per heavy atom. The highest BCUT2D eigenvalue weighted by molar-refractivity contribution is 5.26. The van der Waals surface area contributed by atoms with Crippen molar-refractivity contribution in [2.75, 3.05) is 0 Å². The van der Waals surface area contributed by atoms with Gasteiger partial charge in [0.25, 0.3) is 0 Å². The maximum Gasteiger partial charge on any atom is 0.195 e. The molecule has 2 heterocycles. The number of pyridine rings is 1. The lowest BCUT2D eigenvalue weighted by Gasteiger charge is -2.15. The molecule has 5 nitrogen and oxygen atoms in total. The van der Waals surface area contributed by atoms with Gasteiger partial charge < -0.3 is 0 Å². The van der Waals surface area contributed by atoms with Crippen LogP contribution in [0.5, 0.6) is 0 Å². The van der Waals surface area contributed by atoms with Crippen molar-refractivity contribution in [1.82, 2.24) is 15.2 Å². The molecule has 104 valence electrons. The van der Waals surface area contributed by atoms with Gasteiger partial charge in [0.1, 0.15) is 0 Å². The van der Waals surface area contributed by atoms with E-state index in [2.05, 4.69) is 46.2 Å².